The van der Waals surface area contributed by atoms with Gasteiger partial charge in [0.15, 0.2) is 11.6 Å². The van der Waals surface area contributed by atoms with Crippen LogP contribution in [0.3, 0.4) is 0 Å². The van der Waals surface area contributed by atoms with Crippen LogP contribution in [0.1, 0.15) is 5.82 Å². The normalized spacial score (nSPS) is 12.3. The van der Waals surface area contributed by atoms with E-state index in [4.69, 9.17) is 5.11 Å². The summed E-state index contributed by atoms with van der Waals surface area (Å²) in [4.78, 5) is 3.22. The highest BCUT2D eigenvalue weighted by atomic mass is 19.4. The fourth-order valence-electron chi connectivity index (χ4n) is 1.66. The van der Waals surface area contributed by atoms with Gasteiger partial charge in [0.1, 0.15) is 0 Å². The van der Waals surface area contributed by atoms with E-state index in [-0.39, 0.29) is 11.0 Å². The van der Waals surface area contributed by atoms with Gasteiger partial charge < -0.3 is 9.67 Å². The summed E-state index contributed by atoms with van der Waals surface area (Å²) in [5, 5.41) is 8.73. The summed E-state index contributed by atoms with van der Waals surface area (Å²) in [6.07, 6.45) is -4.76. The van der Waals surface area contributed by atoms with Gasteiger partial charge in [-0.3, -0.25) is 0 Å². The van der Waals surface area contributed by atoms with E-state index < -0.39 is 36.8 Å². The van der Waals surface area contributed by atoms with E-state index in [1.165, 1.54) is 0 Å². The van der Waals surface area contributed by atoms with Gasteiger partial charge in [0.25, 0.3) is 0 Å². The molecule has 1 aromatic carbocycles. The Bertz CT molecular complexity index is 590. The SMILES string of the molecule is OCCn1c(C(F)(F)F)nc2cc(F)c(F)cc21. The van der Waals surface area contributed by atoms with Crippen molar-refractivity contribution in [1.82, 2.24) is 9.55 Å². The molecule has 1 N–H and O–H groups in total. The van der Waals surface area contributed by atoms with Crippen LogP contribution in [0.15, 0.2) is 12.1 Å². The number of benzene rings is 1. The van der Waals surface area contributed by atoms with Crippen LogP contribution in [0, 0.1) is 11.6 Å². The zero-order valence-corrected chi connectivity index (χ0v) is 8.80. The molecule has 0 amide bonds. The van der Waals surface area contributed by atoms with E-state index in [1.54, 1.807) is 0 Å². The molecule has 8 heteroatoms. The fourth-order valence-corrected chi connectivity index (χ4v) is 1.66. The Morgan fingerprint density at radius 1 is 1.17 bits per heavy atom. The summed E-state index contributed by atoms with van der Waals surface area (Å²) >= 11 is 0. The third-order valence-corrected chi connectivity index (χ3v) is 2.37. The number of hydrogen-bond donors (Lipinski definition) is 1. The highest BCUT2D eigenvalue weighted by Crippen LogP contribution is 2.32. The lowest BCUT2D eigenvalue weighted by Crippen LogP contribution is -2.16. The third-order valence-electron chi connectivity index (χ3n) is 2.37. The first-order chi connectivity index (χ1) is 8.34. The van der Waals surface area contributed by atoms with E-state index >= 15 is 0 Å². The molecule has 0 aliphatic heterocycles. The molecule has 18 heavy (non-hydrogen) atoms. The topological polar surface area (TPSA) is 38.0 Å². The number of nitrogens with zero attached hydrogens (tertiary/aromatic N) is 2. The van der Waals surface area contributed by atoms with Crippen molar-refractivity contribution < 1.29 is 27.1 Å². The number of alkyl halides is 3. The summed E-state index contributed by atoms with van der Waals surface area (Å²) in [5.41, 5.74) is -0.523. The van der Waals surface area contributed by atoms with Crippen LogP contribution >= 0.6 is 0 Å². The van der Waals surface area contributed by atoms with Gasteiger partial charge in [-0.05, 0) is 0 Å². The number of halogens is 5. The van der Waals surface area contributed by atoms with Crippen LogP contribution in [0.4, 0.5) is 22.0 Å². The van der Waals surface area contributed by atoms with Crippen molar-refractivity contribution in [1.29, 1.82) is 0 Å². The van der Waals surface area contributed by atoms with Gasteiger partial charge in [-0.2, -0.15) is 13.2 Å². The lowest BCUT2D eigenvalue weighted by molar-refractivity contribution is -0.147. The second-order valence-electron chi connectivity index (χ2n) is 3.56. The van der Waals surface area contributed by atoms with Crippen molar-refractivity contribution in [3.63, 3.8) is 0 Å². The average Bonchev–Trinajstić information content (AvgIpc) is 2.58. The van der Waals surface area contributed by atoms with Gasteiger partial charge in [0, 0.05) is 18.7 Å². The summed E-state index contributed by atoms with van der Waals surface area (Å²) in [6.45, 7) is -0.982. The van der Waals surface area contributed by atoms with Gasteiger partial charge in [-0.15, -0.1) is 0 Å². The number of hydrogen-bond acceptors (Lipinski definition) is 2. The molecule has 0 aliphatic carbocycles. The summed E-state index contributed by atoms with van der Waals surface area (Å²) < 4.78 is 64.5. The van der Waals surface area contributed by atoms with Gasteiger partial charge in [0.2, 0.25) is 5.82 Å². The van der Waals surface area contributed by atoms with Crippen LogP contribution in [0.25, 0.3) is 11.0 Å². The molecule has 0 atom stereocenters. The maximum atomic E-state index is 13.0. The molecule has 0 bridgehead atoms. The zero-order chi connectivity index (χ0) is 13.5. The molecule has 0 radical (unpaired) electrons. The number of rotatable bonds is 2. The van der Waals surface area contributed by atoms with Gasteiger partial charge in [-0.25, -0.2) is 13.8 Å². The van der Waals surface area contributed by atoms with Crippen LogP contribution in [-0.4, -0.2) is 21.3 Å². The molecule has 1 aromatic heterocycles. The highest BCUT2D eigenvalue weighted by molar-refractivity contribution is 5.76. The first-order valence-corrected chi connectivity index (χ1v) is 4.88. The number of aliphatic hydroxyl groups excluding tert-OH is 1. The summed E-state index contributed by atoms with van der Waals surface area (Å²) in [7, 11) is 0. The second kappa shape index (κ2) is 4.20. The fraction of sp³-hybridized carbons (Fsp3) is 0.300. The standard InChI is InChI=1S/C10H7F5N2O/c11-5-3-7-8(4-6(5)12)17(1-2-18)9(16-7)10(13,14)15/h3-4,18H,1-2H2. The van der Waals surface area contributed by atoms with Crippen molar-refractivity contribution in [3.05, 3.63) is 29.6 Å². The predicted molar refractivity (Wildman–Crippen MR) is 51.7 cm³/mol. The minimum absolute atomic E-state index is 0.213. The van der Waals surface area contributed by atoms with E-state index in [9.17, 15) is 22.0 Å². The monoisotopic (exact) mass is 266 g/mol. The largest absolute Gasteiger partial charge is 0.449 e. The third kappa shape index (κ3) is 2.03. The Kier molecular flexibility index (Phi) is 2.97. The summed E-state index contributed by atoms with van der Waals surface area (Å²) in [6, 6.07) is 1.22. The molecule has 2 rings (SSSR count). The van der Waals surface area contributed by atoms with Crippen molar-refractivity contribution in [2.75, 3.05) is 6.61 Å². The molecule has 0 saturated carbocycles. The van der Waals surface area contributed by atoms with Crippen LogP contribution in [-0.2, 0) is 12.7 Å². The quantitative estimate of drug-likeness (QED) is 0.847. The second-order valence-corrected chi connectivity index (χ2v) is 3.56. The Morgan fingerprint density at radius 3 is 2.33 bits per heavy atom. The highest BCUT2D eigenvalue weighted by Gasteiger charge is 2.37. The molecule has 3 nitrogen and oxygen atoms in total. The molecule has 0 fully saturated rings. The molecule has 0 saturated heterocycles. The molecule has 98 valence electrons. The number of aromatic nitrogens is 2. The molecule has 1 heterocycles. The van der Waals surface area contributed by atoms with Crippen LogP contribution in [0.5, 0.6) is 0 Å². The lowest BCUT2D eigenvalue weighted by Gasteiger charge is -2.09. The maximum absolute atomic E-state index is 13.0. The van der Waals surface area contributed by atoms with Crippen molar-refractivity contribution >= 4 is 11.0 Å². The zero-order valence-electron chi connectivity index (χ0n) is 8.80. The number of fused-ring (bicyclic) bond motifs is 1. The smallest absolute Gasteiger partial charge is 0.395 e. The summed E-state index contributed by atoms with van der Waals surface area (Å²) in [5.74, 6) is -3.84. The van der Waals surface area contributed by atoms with Crippen molar-refractivity contribution in [2.24, 2.45) is 0 Å². The lowest BCUT2D eigenvalue weighted by atomic mass is 10.3. The minimum atomic E-state index is -4.76. The Morgan fingerprint density at radius 2 is 1.78 bits per heavy atom. The van der Waals surface area contributed by atoms with E-state index in [0.29, 0.717) is 16.7 Å². The van der Waals surface area contributed by atoms with E-state index in [1.807, 2.05) is 0 Å². The Hall–Kier alpha value is -1.70. The van der Waals surface area contributed by atoms with Crippen molar-refractivity contribution in [2.45, 2.75) is 12.7 Å². The molecule has 0 spiro atoms. The maximum Gasteiger partial charge on any atom is 0.449 e. The molecule has 0 aliphatic rings. The van der Waals surface area contributed by atoms with Gasteiger partial charge >= 0.3 is 6.18 Å². The first kappa shape index (κ1) is 12.7. The number of imidazole rings is 1. The molecule has 0 unspecified atom stereocenters. The Balaban J connectivity index is 2.75. The average molecular weight is 266 g/mol. The van der Waals surface area contributed by atoms with Crippen LogP contribution in [0.2, 0.25) is 0 Å². The van der Waals surface area contributed by atoms with Gasteiger partial charge in [0.05, 0.1) is 17.6 Å². The first-order valence-electron chi connectivity index (χ1n) is 4.88. The predicted octanol–water partition coefficient (Wildman–Crippen LogP) is 2.33. The number of aliphatic hydroxyl groups is 1. The van der Waals surface area contributed by atoms with E-state index in [0.717, 1.165) is 0 Å². The molecular weight excluding hydrogens is 259 g/mol. The minimum Gasteiger partial charge on any atom is -0.395 e. The van der Waals surface area contributed by atoms with E-state index in [2.05, 4.69) is 4.98 Å². The molecular formula is C10H7F5N2O. The van der Waals surface area contributed by atoms with Crippen molar-refractivity contribution in [3.8, 4) is 0 Å². The van der Waals surface area contributed by atoms with Crippen LogP contribution < -0.4 is 0 Å². The Labute approximate surface area is 97.5 Å². The van der Waals surface area contributed by atoms with Gasteiger partial charge in [-0.1, -0.05) is 0 Å². The molecule has 2 aromatic rings.